The summed E-state index contributed by atoms with van der Waals surface area (Å²) in [5.41, 5.74) is 2.18. The molecule has 0 aliphatic carbocycles. The van der Waals surface area contributed by atoms with Crippen molar-refractivity contribution < 1.29 is 19.0 Å². The average Bonchev–Trinajstić information content (AvgIpc) is 2.63. The van der Waals surface area contributed by atoms with Gasteiger partial charge in [0.05, 0.1) is 20.8 Å². The number of carbonyl (C=O) groups is 1. The molecule has 0 unspecified atom stereocenters. The summed E-state index contributed by atoms with van der Waals surface area (Å²) in [5.74, 6) is 2.18. The molecule has 25 heavy (non-hydrogen) atoms. The summed E-state index contributed by atoms with van der Waals surface area (Å²) in [5, 5.41) is 2.87. The van der Waals surface area contributed by atoms with Crippen molar-refractivity contribution in [2.24, 2.45) is 0 Å². The highest BCUT2D eigenvalue weighted by molar-refractivity contribution is 5.76. The van der Waals surface area contributed by atoms with Gasteiger partial charge in [0.25, 0.3) is 0 Å². The van der Waals surface area contributed by atoms with Crippen molar-refractivity contribution in [1.29, 1.82) is 0 Å². The van der Waals surface area contributed by atoms with E-state index < -0.39 is 0 Å². The second kappa shape index (κ2) is 9.57. The molecule has 0 spiro atoms. The van der Waals surface area contributed by atoms with E-state index in [4.69, 9.17) is 14.2 Å². The molecule has 0 aliphatic heterocycles. The molecule has 134 valence electrons. The number of ether oxygens (including phenoxy) is 3. The second-order valence-corrected chi connectivity index (χ2v) is 5.70. The number of carbonyl (C=O) groups excluding carboxylic acids is 1. The molecule has 1 amide bonds. The van der Waals surface area contributed by atoms with Gasteiger partial charge >= 0.3 is 0 Å². The predicted molar refractivity (Wildman–Crippen MR) is 97.6 cm³/mol. The molecule has 5 nitrogen and oxygen atoms in total. The number of methoxy groups -OCH3 is 2. The molecule has 0 aromatic heterocycles. The molecule has 0 fully saturated rings. The maximum atomic E-state index is 11.9. The van der Waals surface area contributed by atoms with Gasteiger partial charge in [-0.3, -0.25) is 4.79 Å². The standard InChI is InChI=1S/C20H25NO4/c1-15-5-4-6-17(13-15)25-12-11-21-20(22)10-8-16-7-9-18(23-2)19(14-16)24-3/h4-7,9,13-14H,8,10-12H2,1-3H3,(H,21,22). The third-order valence-electron chi connectivity index (χ3n) is 3.77. The van der Waals surface area contributed by atoms with Crippen LogP contribution < -0.4 is 19.5 Å². The summed E-state index contributed by atoms with van der Waals surface area (Å²) in [7, 11) is 3.20. The molecule has 0 aliphatic rings. The van der Waals surface area contributed by atoms with Crippen LogP contribution in [0.1, 0.15) is 17.5 Å². The summed E-state index contributed by atoms with van der Waals surface area (Å²) in [6, 6.07) is 13.5. The van der Waals surface area contributed by atoms with Crippen LogP contribution in [0.5, 0.6) is 17.2 Å². The Morgan fingerprint density at radius 1 is 1.04 bits per heavy atom. The number of rotatable bonds is 9. The van der Waals surface area contributed by atoms with E-state index in [1.54, 1.807) is 14.2 Å². The molecule has 0 saturated heterocycles. The molecule has 0 atom stereocenters. The Balaban J connectivity index is 1.70. The van der Waals surface area contributed by atoms with Gasteiger partial charge < -0.3 is 19.5 Å². The van der Waals surface area contributed by atoms with Crippen LogP contribution in [0, 0.1) is 6.92 Å². The number of hydrogen-bond donors (Lipinski definition) is 1. The van der Waals surface area contributed by atoms with Crippen LogP contribution in [0.25, 0.3) is 0 Å². The zero-order chi connectivity index (χ0) is 18.1. The molecule has 0 saturated carbocycles. The fraction of sp³-hybridized carbons (Fsp3) is 0.350. The van der Waals surface area contributed by atoms with Crippen LogP contribution in [0.4, 0.5) is 0 Å². The van der Waals surface area contributed by atoms with E-state index >= 15 is 0 Å². The molecule has 2 aromatic rings. The van der Waals surface area contributed by atoms with Crippen LogP contribution in [-0.4, -0.2) is 33.3 Å². The van der Waals surface area contributed by atoms with E-state index in [9.17, 15) is 4.79 Å². The summed E-state index contributed by atoms with van der Waals surface area (Å²) >= 11 is 0. The molecule has 0 heterocycles. The molecule has 5 heteroatoms. The molecular formula is C20H25NO4. The molecule has 1 N–H and O–H groups in total. The lowest BCUT2D eigenvalue weighted by molar-refractivity contribution is -0.121. The lowest BCUT2D eigenvalue weighted by Crippen LogP contribution is -2.28. The summed E-state index contributed by atoms with van der Waals surface area (Å²) in [6.45, 7) is 2.95. The Hall–Kier alpha value is -2.69. The molecule has 0 bridgehead atoms. The number of nitrogens with one attached hydrogen (secondary N) is 1. The van der Waals surface area contributed by atoms with Crippen molar-refractivity contribution in [3.05, 3.63) is 53.6 Å². The van der Waals surface area contributed by atoms with E-state index in [-0.39, 0.29) is 5.91 Å². The van der Waals surface area contributed by atoms with Gasteiger partial charge in [0, 0.05) is 6.42 Å². The smallest absolute Gasteiger partial charge is 0.220 e. The van der Waals surface area contributed by atoms with Gasteiger partial charge in [-0.25, -0.2) is 0 Å². The zero-order valence-electron chi connectivity index (χ0n) is 15.0. The highest BCUT2D eigenvalue weighted by Crippen LogP contribution is 2.27. The third kappa shape index (κ3) is 6.03. The van der Waals surface area contributed by atoms with Gasteiger partial charge in [-0.2, -0.15) is 0 Å². The Bertz CT molecular complexity index is 700. The Labute approximate surface area is 148 Å². The molecule has 2 aromatic carbocycles. The maximum Gasteiger partial charge on any atom is 0.220 e. The zero-order valence-corrected chi connectivity index (χ0v) is 15.0. The number of hydrogen-bond acceptors (Lipinski definition) is 4. The monoisotopic (exact) mass is 343 g/mol. The summed E-state index contributed by atoms with van der Waals surface area (Å²) < 4.78 is 16.1. The molecule has 0 radical (unpaired) electrons. The predicted octanol–water partition coefficient (Wildman–Crippen LogP) is 3.14. The first-order valence-corrected chi connectivity index (χ1v) is 8.29. The fourth-order valence-corrected chi connectivity index (χ4v) is 2.45. The van der Waals surface area contributed by atoms with Crippen LogP contribution in [0.2, 0.25) is 0 Å². The first-order valence-electron chi connectivity index (χ1n) is 8.29. The second-order valence-electron chi connectivity index (χ2n) is 5.70. The Kier molecular flexibility index (Phi) is 7.14. The summed E-state index contributed by atoms with van der Waals surface area (Å²) in [6.07, 6.45) is 1.06. The Morgan fingerprint density at radius 3 is 2.56 bits per heavy atom. The minimum atomic E-state index is 0.00243. The summed E-state index contributed by atoms with van der Waals surface area (Å²) in [4.78, 5) is 11.9. The van der Waals surface area contributed by atoms with Gasteiger partial charge in [0.2, 0.25) is 5.91 Å². The minimum absolute atomic E-state index is 0.00243. The Morgan fingerprint density at radius 2 is 1.84 bits per heavy atom. The van der Waals surface area contributed by atoms with Crippen molar-refractivity contribution in [3.63, 3.8) is 0 Å². The van der Waals surface area contributed by atoms with Crippen LogP contribution in [0.3, 0.4) is 0 Å². The quantitative estimate of drug-likeness (QED) is 0.711. The largest absolute Gasteiger partial charge is 0.493 e. The van der Waals surface area contributed by atoms with Crippen molar-refractivity contribution >= 4 is 5.91 Å². The number of aryl methyl sites for hydroxylation is 2. The average molecular weight is 343 g/mol. The van der Waals surface area contributed by atoms with Gasteiger partial charge in [0.15, 0.2) is 11.5 Å². The highest BCUT2D eigenvalue weighted by Gasteiger charge is 2.07. The number of benzene rings is 2. The van der Waals surface area contributed by atoms with Crippen LogP contribution in [-0.2, 0) is 11.2 Å². The molecule has 2 rings (SSSR count). The third-order valence-corrected chi connectivity index (χ3v) is 3.77. The fourth-order valence-electron chi connectivity index (χ4n) is 2.45. The van der Waals surface area contributed by atoms with E-state index in [1.807, 2.05) is 49.4 Å². The maximum absolute atomic E-state index is 11.9. The first kappa shape index (κ1) is 18.6. The van der Waals surface area contributed by atoms with Crippen LogP contribution in [0.15, 0.2) is 42.5 Å². The first-order chi connectivity index (χ1) is 12.1. The molecular weight excluding hydrogens is 318 g/mol. The van der Waals surface area contributed by atoms with E-state index in [0.717, 1.165) is 16.9 Å². The normalized spacial score (nSPS) is 10.2. The van der Waals surface area contributed by atoms with Crippen molar-refractivity contribution in [1.82, 2.24) is 5.32 Å². The van der Waals surface area contributed by atoms with Crippen LogP contribution >= 0.6 is 0 Å². The SMILES string of the molecule is COc1ccc(CCC(=O)NCCOc2cccc(C)c2)cc1OC. The topological polar surface area (TPSA) is 56.8 Å². The lowest BCUT2D eigenvalue weighted by atomic mass is 10.1. The van der Waals surface area contributed by atoms with Gasteiger partial charge in [-0.05, 0) is 48.7 Å². The van der Waals surface area contributed by atoms with E-state index in [1.165, 1.54) is 0 Å². The van der Waals surface area contributed by atoms with Gasteiger partial charge in [-0.15, -0.1) is 0 Å². The van der Waals surface area contributed by atoms with E-state index in [2.05, 4.69) is 5.32 Å². The van der Waals surface area contributed by atoms with Crippen molar-refractivity contribution in [2.75, 3.05) is 27.4 Å². The van der Waals surface area contributed by atoms with Crippen molar-refractivity contribution in [2.45, 2.75) is 19.8 Å². The van der Waals surface area contributed by atoms with Gasteiger partial charge in [-0.1, -0.05) is 18.2 Å². The minimum Gasteiger partial charge on any atom is -0.493 e. The number of amides is 1. The highest BCUT2D eigenvalue weighted by atomic mass is 16.5. The van der Waals surface area contributed by atoms with Crippen molar-refractivity contribution in [3.8, 4) is 17.2 Å². The lowest BCUT2D eigenvalue weighted by Gasteiger charge is -2.10. The van der Waals surface area contributed by atoms with E-state index in [0.29, 0.717) is 37.5 Å². The van der Waals surface area contributed by atoms with Gasteiger partial charge in [0.1, 0.15) is 12.4 Å².